The standard InChI is InChI=1S/C30H21FN4O3/c1-16(2)17-7-9-18(10-8-17)23-24-26(21-5-3-4-6-22(21)37-30(24)36)38-29-25(23)28-33-27(34-35(28)15-32-29)19-11-13-20(31)14-12-19/h3-16,23H,1-2H3. The largest absolute Gasteiger partial charge is 0.437 e. The van der Waals surface area contributed by atoms with Gasteiger partial charge in [-0.05, 0) is 53.4 Å². The summed E-state index contributed by atoms with van der Waals surface area (Å²) in [6.45, 7) is 4.27. The van der Waals surface area contributed by atoms with E-state index in [2.05, 4.69) is 36.1 Å². The molecule has 0 N–H and O–H groups in total. The molecule has 0 aliphatic carbocycles. The highest BCUT2D eigenvalue weighted by Crippen LogP contribution is 2.48. The van der Waals surface area contributed by atoms with Crippen molar-refractivity contribution in [2.24, 2.45) is 0 Å². The van der Waals surface area contributed by atoms with Gasteiger partial charge >= 0.3 is 5.63 Å². The molecule has 0 bridgehead atoms. The first-order chi connectivity index (χ1) is 18.5. The van der Waals surface area contributed by atoms with Gasteiger partial charge in [0, 0.05) is 5.56 Å². The van der Waals surface area contributed by atoms with Crippen molar-refractivity contribution in [1.29, 1.82) is 0 Å². The fourth-order valence-corrected chi connectivity index (χ4v) is 5.06. The topological polar surface area (TPSA) is 82.5 Å². The molecule has 3 aromatic heterocycles. The molecule has 38 heavy (non-hydrogen) atoms. The number of halogens is 1. The molecule has 1 unspecified atom stereocenters. The molecule has 0 radical (unpaired) electrons. The van der Waals surface area contributed by atoms with Crippen LogP contribution in [0.3, 0.4) is 0 Å². The van der Waals surface area contributed by atoms with Gasteiger partial charge in [-0.15, -0.1) is 5.10 Å². The fraction of sp³-hybridized carbons (Fsp3) is 0.133. The van der Waals surface area contributed by atoms with E-state index >= 15 is 0 Å². The Morgan fingerprint density at radius 1 is 0.947 bits per heavy atom. The zero-order valence-corrected chi connectivity index (χ0v) is 20.6. The zero-order valence-electron chi connectivity index (χ0n) is 20.6. The van der Waals surface area contributed by atoms with Gasteiger partial charge < -0.3 is 9.15 Å². The molecule has 1 aliphatic rings. The molecular formula is C30H21FN4O3. The van der Waals surface area contributed by atoms with Crippen LogP contribution in [0.25, 0.3) is 28.0 Å². The van der Waals surface area contributed by atoms with Crippen LogP contribution in [-0.4, -0.2) is 19.6 Å². The third-order valence-electron chi connectivity index (χ3n) is 7.00. The Morgan fingerprint density at radius 3 is 2.47 bits per heavy atom. The van der Waals surface area contributed by atoms with Crippen molar-refractivity contribution >= 4 is 16.6 Å². The second kappa shape index (κ2) is 8.34. The second-order valence-electron chi connectivity index (χ2n) is 9.66. The zero-order chi connectivity index (χ0) is 26.0. The van der Waals surface area contributed by atoms with Crippen LogP contribution in [0, 0.1) is 5.82 Å². The van der Waals surface area contributed by atoms with E-state index in [0.29, 0.717) is 56.7 Å². The Hall–Kier alpha value is -4.85. The van der Waals surface area contributed by atoms with Gasteiger partial charge in [-0.1, -0.05) is 50.2 Å². The summed E-state index contributed by atoms with van der Waals surface area (Å²) in [5.74, 6) is 0.637. The number of para-hydroxylation sites is 1. The van der Waals surface area contributed by atoms with Crippen LogP contribution in [0.5, 0.6) is 11.6 Å². The molecule has 7 rings (SSSR count). The summed E-state index contributed by atoms with van der Waals surface area (Å²) in [5.41, 5.74) is 4.16. The first-order valence-electron chi connectivity index (χ1n) is 12.3. The Labute approximate surface area is 216 Å². The van der Waals surface area contributed by atoms with E-state index in [1.165, 1.54) is 24.0 Å². The maximum atomic E-state index is 13.5. The van der Waals surface area contributed by atoms with E-state index in [-0.39, 0.29) is 5.82 Å². The van der Waals surface area contributed by atoms with Crippen molar-refractivity contribution in [2.45, 2.75) is 25.7 Å². The monoisotopic (exact) mass is 504 g/mol. The number of rotatable bonds is 3. The molecule has 0 amide bonds. The summed E-state index contributed by atoms with van der Waals surface area (Å²) in [7, 11) is 0. The number of fused-ring (bicyclic) bond motifs is 6. The van der Waals surface area contributed by atoms with Gasteiger partial charge in [0.15, 0.2) is 17.2 Å². The number of nitrogens with zero attached hydrogens (tertiary/aromatic N) is 4. The highest BCUT2D eigenvalue weighted by atomic mass is 19.1. The van der Waals surface area contributed by atoms with Crippen LogP contribution in [0.15, 0.2) is 88.3 Å². The first-order valence-corrected chi connectivity index (χ1v) is 12.3. The molecule has 0 saturated heterocycles. The Balaban J connectivity index is 1.51. The van der Waals surface area contributed by atoms with Crippen LogP contribution >= 0.6 is 0 Å². The van der Waals surface area contributed by atoms with Crippen LogP contribution in [0.1, 0.15) is 47.9 Å². The third-order valence-corrected chi connectivity index (χ3v) is 7.00. The molecule has 186 valence electrons. The van der Waals surface area contributed by atoms with Gasteiger partial charge in [-0.2, -0.15) is 0 Å². The van der Waals surface area contributed by atoms with E-state index in [4.69, 9.17) is 14.1 Å². The lowest BCUT2D eigenvalue weighted by atomic mass is 9.83. The van der Waals surface area contributed by atoms with E-state index in [1.807, 2.05) is 30.3 Å². The maximum absolute atomic E-state index is 13.5. The van der Waals surface area contributed by atoms with E-state index in [0.717, 1.165) is 5.56 Å². The van der Waals surface area contributed by atoms with Gasteiger partial charge in [0.25, 0.3) is 0 Å². The number of hydrogen-bond acceptors (Lipinski definition) is 6. The average Bonchev–Trinajstić information content (AvgIpc) is 3.37. The maximum Gasteiger partial charge on any atom is 0.344 e. The summed E-state index contributed by atoms with van der Waals surface area (Å²) in [5, 5.41) is 5.26. The molecule has 6 aromatic rings. The molecule has 3 aromatic carbocycles. The van der Waals surface area contributed by atoms with E-state index in [9.17, 15) is 9.18 Å². The number of aromatic nitrogens is 4. The summed E-state index contributed by atoms with van der Waals surface area (Å²) in [4.78, 5) is 22.9. The molecular weight excluding hydrogens is 483 g/mol. The van der Waals surface area contributed by atoms with Gasteiger partial charge in [-0.25, -0.2) is 23.7 Å². The lowest BCUT2D eigenvalue weighted by Gasteiger charge is -2.27. The first kappa shape index (κ1) is 22.4. The molecule has 0 spiro atoms. The van der Waals surface area contributed by atoms with Crippen LogP contribution in [0.4, 0.5) is 4.39 Å². The lowest BCUT2D eigenvalue weighted by Crippen LogP contribution is -2.22. The summed E-state index contributed by atoms with van der Waals surface area (Å²) >= 11 is 0. The van der Waals surface area contributed by atoms with E-state index in [1.54, 1.807) is 22.7 Å². The van der Waals surface area contributed by atoms with Crippen molar-refractivity contribution in [3.8, 4) is 23.0 Å². The van der Waals surface area contributed by atoms with Gasteiger partial charge in [-0.3, -0.25) is 0 Å². The van der Waals surface area contributed by atoms with Gasteiger partial charge in [0.05, 0.1) is 22.4 Å². The molecule has 1 atom stereocenters. The predicted molar refractivity (Wildman–Crippen MR) is 140 cm³/mol. The molecule has 0 saturated carbocycles. The second-order valence-corrected chi connectivity index (χ2v) is 9.66. The normalized spacial score (nSPS) is 14.5. The summed E-state index contributed by atoms with van der Waals surface area (Å²) in [6, 6.07) is 21.4. The Kier molecular flexibility index (Phi) is 4.91. The van der Waals surface area contributed by atoms with Crippen molar-refractivity contribution in [2.75, 3.05) is 0 Å². The smallest absolute Gasteiger partial charge is 0.344 e. The minimum absolute atomic E-state index is 0.342. The average molecular weight is 505 g/mol. The highest BCUT2D eigenvalue weighted by molar-refractivity contribution is 5.87. The summed E-state index contributed by atoms with van der Waals surface area (Å²) < 4.78 is 27.2. The van der Waals surface area contributed by atoms with Gasteiger partial charge in [0.1, 0.15) is 17.7 Å². The third kappa shape index (κ3) is 3.41. The highest BCUT2D eigenvalue weighted by Gasteiger charge is 2.37. The van der Waals surface area contributed by atoms with Crippen molar-refractivity contribution in [3.63, 3.8) is 0 Å². The Morgan fingerprint density at radius 2 is 1.71 bits per heavy atom. The SMILES string of the molecule is CC(C)c1ccc(C2c3c(c4ccccc4oc3=O)Oc3ncn4nc(-c5ccc(F)cc5)nc4c32)cc1. The molecule has 1 aliphatic heterocycles. The molecule has 8 heteroatoms. The minimum atomic E-state index is -0.558. The number of hydrogen-bond donors (Lipinski definition) is 0. The predicted octanol–water partition coefficient (Wildman–Crippen LogP) is 6.45. The molecule has 0 fully saturated rings. The molecule has 4 heterocycles. The van der Waals surface area contributed by atoms with Crippen molar-refractivity contribution < 1.29 is 13.5 Å². The quantitative estimate of drug-likeness (QED) is 0.257. The van der Waals surface area contributed by atoms with E-state index < -0.39 is 11.5 Å². The number of benzene rings is 3. The Bertz CT molecular complexity index is 1910. The summed E-state index contributed by atoms with van der Waals surface area (Å²) in [6.07, 6.45) is 1.53. The lowest BCUT2D eigenvalue weighted by molar-refractivity contribution is 0.422. The van der Waals surface area contributed by atoms with Gasteiger partial charge in [0.2, 0.25) is 5.88 Å². The van der Waals surface area contributed by atoms with Crippen molar-refractivity contribution in [1.82, 2.24) is 19.6 Å². The van der Waals surface area contributed by atoms with Crippen LogP contribution < -0.4 is 10.4 Å². The van der Waals surface area contributed by atoms with Crippen LogP contribution in [0.2, 0.25) is 0 Å². The van der Waals surface area contributed by atoms with Crippen LogP contribution in [-0.2, 0) is 0 Å². The fourth-order valence-electron chi connectivity index (χ4n) is 5.06. The number of ether oxygens (including phenoxy) is 1. The van der Waals surface area contributed by atoms with Crippen molar-refractivity contribution in [3.05, 3.63) is 118 Å². The minimum Gasteiger partial charge on any atom is -0.437 e. The molecule has 7 nitrogen and oxygen atoms in total.